The van der Waals surface area contributed by atoms with E-state index in [9.17, 15) is 9.59 Å². The van der Waals surface area contributed by atoms with Gasteiger partial charge >= 0.3 is 5.69 Å². The summed E-state index contributed by atoms with van der Waals surface area (Å²) in [5, 5.41) is 0.645. The fourth-order valence-electron chi connectivity index (χ4n) is 4.39. The molecule has 0 radical (unpaired) electrons. The average Bonchev–Trinajstić information content (AvgIpc) is 3.33. The second-order valence-corrected chi connectivity index (χ2v) is 8.83. The predicted molar refractivity (Wildman–Crippen MR) is 127 cm³/mol. The van der Waals surface area contributed by atoms with Crippen molar-refractivity contribution in [2.24, 2.45) is 7.05 Å². The first-order chi connectivity index (χ1) is 15.8. The second-order valence-electron chi connectivity index (χ2n) is 8.40. The van der Waals surface area contributed by atoms with Gasteiger partial charge in [-0.25, -0.2) is 9.78 Å². The Labute approximate surface area is 195 Å². The number of rotatable bonds is 4. The summed E-state index contributed by atoms with van der Waals surface area (Å²) in [5.41, 5.74) is 5.85. The molecule has 5 rings (SSSR count). The highest BCUT2D eigenvalue weighted by molar-refractivity contribution is 6.31. The summed E-state index contributed by atoms with van der Waals surface area (Å²) in [6, 6.07) is 13.5. The molecule has 0 bridgehead atoms. The Kier molecular flexibility index (Phi) is 5.21. The first-order valence-electron chi connectivity index (χ1n) is 10.6. The van der Waals surface area contributed by atoms with Crippen molar-refractivity contribution in [1.29, 1.82) is 0 Å². The first-order valence-corrected chi connectivity index (χ1v) is 11.0. The van der Waals surface area contributed by atoms with Gasteiger partial charge in [0.25, 0.3) is 0 Å². The molecule has 0 fully saturated rings. The standard InChI is InChI=1S/C25H23ClN4O3/c1-15-6-17(8-20(26)7-15)18-10-22-24(27-11-18)30(25(32)28(22)2)14-23(31)29-12-16-4-5-21(33-3)9-19(16)13-29/h4-11H,12-14H2,1-3H3. The summed E-state index contributed by atoms with van der Waals surface area (Å²) < 4.78 is 8.25. The van der Waals surface area contributed by atoms with Crippen LogP contribution in [0.4, 0.5) is 0 Å². The maximum Gasteiger partial charge on any atom is 0.330 e. The van der Waals surface area contributed by atoms with E-state index in [2.05, 4.69) is 4.98 Å². The van der Waals surface area contributed by atoms with Gasteiger partial charge in [-0.3, -0.25) is 13.9 Å². The molecule has 1 aliphatic rings. The van der Waals surface area contributed by atoms with Crippen LogP contribution in [0.5, 0.6) is 5.75 Å². The SMILES string of the molecule is COc1ccc2c(c1)CN(C(=O)Cn1c(=O)n(C)c3cc(-c4cc(C)cc(Cl)c4)cnc31)C2. The molecule has 0 unspecified atom stereocenters. The molecule has 8 heteroatoms. The highest BCUT2D eigenvalue weighted by atomic mass is 35.5. The molecule has 0 atom stereocenters. The van der Waals surface area contributed by atoms with Gasteiger partial charge in [0.1, 0.15) is 12.3 Å². The lowest BCUT2D eigenvalue weighted by Gasteiger charge is -2.15. The average molecular weight is 463 g/mol. The molecule has 3 heterocycles. The van der Waals surface area contributed by atoms with Gasteiger partial charge < -0.3 is 9.64 Å². The number of carbonyl (C=O) groups excluding carboxylic acids is 1. The molecule has 1 amide bonds. The van der Waals surface area contributed by atoms with E-state index < -0.39 is 0 Å². The maximum absolute atomic E-state index is 13.1. The molecule has 168 valence electrons. The van der Waals surface area contributed by atoms with Crippen molar-refractivity contribution in [1.82, 2.24) is 19.0 Å². The molecule has 2 aromatic carbocycles. The van der Waals surface area contributed by atoms with E-state index in [4.69, 9.17) is 16.3 Å². The molecular weight excluding hydrogens is 440 g/mol. The quantitative estimate of drug-likeness (QED) is 0.461. The number of fused-ring (bicyclic) bond motifs is 2. The summed E-state index contributed by atoms with van der Waals surface area (Å²) in [4.78, 5) is 32.4. The molecular formula is C25H23ClN4O3. The summed E-state index contributed by atoms with van der Waals surface area (Å²) >= 11 is 6.22. The fourth-order valence-corrected chi connectivity index (χ4v) is 4.68. The van der Waals surface area contributed by atoms with Crippen molar-refractivity contribution in [2.75, 3.05) is 7.11 Å². The van der Waals surface area contributed by atoms with Crippen molar-refractivity contribution in [3.63, 3.8) is 0 Å². The van der Waals surface area contributed by atoms with Crippen LogP contribution in [0.25, 0.3) is 22.3 Å². The number of hydrogen-bond donors (Lipinski definition) is 0. The monoisotopic (exact) mass is 462 g/mol. The van der Waals surface area contributed by atoms with E-state index in [1.165, 1.54) is 9.13 Å². The van der Waals surface area contributed by atoms with E-state index in [-0.39, 0.29) is 18.1 Å². The largest absolute Gasteiger partial charge is 0.497 e. The first kappa shape index (κ1) is 21.3. The van der Waals surface area contributed by atoms with Gasteiger partial charge in [0, 0.05) is 36.9 Å². The van der Waals surface area contributed by atoms with Crippen molar-refractivity contribution >= 4 is 28.7 Å². The number of nitrogens with zero attached hydrogens (tertiary/aromatic N) is 4. The molecule has 2 aromatic heterocycles. The summed E-state index contributed by atoms with van der Waals surface area (Å²) in [6.45, 7) is 2.93. The number of pyridine rings is 1. The van der Waals surface area contributed by atoms with E-state index in [0.717, 1.165) is 33.6 Å². The minimum Gasteiger partial charge on any atom is -0.497 e. The smallest absolute Gasteiger partial charge is 0.330 e. The van der Waals surface area contributed by atoms with Crippen LogP contribution in [0, 0.1) is 6.92 Å². The zero-order chi connectivity index (χ0) is 23.3. The third-order valence-corrected chi connectivity index (χ3v) is 6.36. The minimum absolute atomic E-state index is 0.0656. The van der Waals surface area contributed by atoms with Crippen LogP contribution in [0.1, 0.15) is 16.7 Å². The van der Waals surface area contributed by atoms with Crippen molar-refractivity contribution in [3.05, 3.63) is 80.9 Å². The Morgan fingerprint density at radius 1 is 1.09 bits per heavy atom. The van der Waals surface area contributed by atoms with Gasteiger partial charge in [-0.15, -0.1) is 0 Å². The second kappa shape index (κ2) is 8.08. The number of imidazole rings is 1. The Hall–Kier alpha value is -3.58. The topological polar surface area (TPSA) is 69.4 Å². The number of benzene rings is 2. The van der Waals surface area contributed by atoms with Crippen LogP contribution in [-0.4, -0.2) is 32.0 Å². The molecule has 4 aromatic rings. The maximum atomic E-state index is 13.1. The van der Waals surface area contributed by atoms with E-state index >= 15 is 0 Å². The predicted octanol–water partition coefficient (Wildman–Crippen LogP) is 3.91. The van der Waals surface area contributed by atoms with Gasteiger partial charge in [0.15, 0.2) is 5.65 Å². The molecule has 1 aliphatic heterocycles. The van der Waals surface area contributed by atoms with Crippen molar-refractivity contribution in [2.45, 2.75) is 26.6 Å². The number of aryl methyl sites for hydroxylation is 2. The Bertz CT molecular complexity index is 1450. The van der Waals surface area contributed by atoms with Gasteiger partial charge in [-0.1, -0.05) is 23.7 Å². The number of amides is 1. The third kappa shape index (κ3) is 3.78. The lowest BCUT2D eigenvalue weighted by molar-refractivity contribution is -0.132. The van der Waals surface area contributed by atoms with Crippen molar-refractivity contribution in [3.8, 4) is 16.9 Å². The number of aromatic nitrogens is 3. The highest BCUT2D eigenvalue weighted by Crippen LogP contribution is 2.28. The number of methoxy groups -OCH3 is 1. The van der Waals surface area contributed by atoms with Crippen LogP contribution in [0.15, 0.2) is 53.5 Å². The zero-order valence-corrected chi connectivity index (χ0v) is 19.4. The molecule has 0 N–H and O–H groups in total. The Balaban J connectivity index is 1.45. The molecule has 0 spiro atoms. The van der Waals surface area contributed by atoms with E-state index in [1.54, 1.807) is 25.3 Å². The third-order valence-electron chi connectivity index (χ3n) is 6.14. The van der Waals surface area contributed by atoms with E-state index in [1.807, 2.05) is 49.4 Å². The summed E-state index contributed by atoms with van der Waals surface area (Å²) in [6.07, 6.45) is 1.71. The number of carbonyl (C=O) groups is 1. The highest BCUT2D eigenvalue weighted by Gasteiger charge is 2.25. The van der Waals surface area contributed by atoms with Crippen LogP contribution < -0.4 is 10.4 Å². The van der Waals surface area contributed by atoms with Crippen LogP contribution in [-0.2, 0) is 31.5 Å². The fraction of sp³-hybridized carbons (Fsp3) is 0.240. The number of halogens is 1. The summed E-state index contributed by atoms with van der Waals surface area (Å²) in [5.74, 6) is 0.638. The van der Waals surface area contributed by atoms with Crippen molar-refractivity contribution < 1.29 is 9.53 Å². The van der Waals surface area contributed by atoms with Gasteiger partial charge in [-0.2, -0.15) is 0 Å². The lowest BCUT2D eigenvalue weighted by atomic mass is 10.1. The normalized spacial score (nSPS) is 12.9. The zero-order valence-electron chi connectivity index (χ0n) is 18.6. The number of hydrogen-bond acceptors (Lipinski definition) is 4. The van der Waals surface area contributed by atoms with Gasteiger partial charge in [-0.05, 0) is 59.5 Å². The Morgan fingerprint density at radius 3 is 2.64 bits per heavy atom. The van der Waals surface area contributed by atoms with Crippen LogP contribution in [0.2, 0.25) is 5.02 Å². The summed E-state index contributed by atoms with van der Waals surface area (Å²) in [7, 11) is 3.32. The molecule has 0 aliphatic carbocycles. The van der Waals surface area contributed by atoms with Crippen LogP contribution in [0.3, 0.4) is 0 Å². The molecule has 7 nitrogen and oxygen atoms in total. The molecule has 0 saturated heterocycles. The van der Waals surface area contributed by atoms with E-state index in [0.29, 0.717) is 29.3 Å². The van der Waals surface area contributed by atoms with Crippen LogP contribution >= 0.6 is 11.6 Å². The molecule has 0 saturated carbocycles. The van der Waals surface area contributed by atoms with Gasteiger partial charge in [0.05, 0.1) is 12.6 Å². The molecule has 33 heavy (non-hydrogen) atoms. The lowest BCUT2D eigenvalue weighted by Crippen LogP contribution is -2.33. The number of ether oxygens (including phenoxy) is 1. The minimum atomic E-state index is -0.274. The van der Waals surface area contributed by atoms with Gasteiger partial charge in [0.2, 0.25) is 5.91 Å². The Morgan fingerprint density at radius 2 is 1.88 bits per heavy atom.